The van der Waals surface area contributed by atoms with Crippen LogP contribution in [0.25, 0.3) is 0 Å². The van der Waals surface area contributed by atoms with E-state index in [9.17, 15) is 14.9 Å². The first kappa shape index (κ1) is 11.6. The number of hydrogen-bond donors (Lipinski definition) is 0. The van der Waals surface area contributed by atoms with Crippen LogP contribution in [-0.4, -0.2) is 27.3 Å². The van der Waals surface area contributed by atoms with Crippen molar-refractivity contribution in [3.8, 4) is 6.07 Å². The number of esters is 1. The fraction of sp³-hybridized carbons (Fsp3) is 0.375. The van der Waals surface area contributed by atoms with Gasteiger partial charge in [-0.2, -0.15) is 10.4 Å². The molecule has 0 unspecified atom stereocenters. The minimum atomic E-state index is -0.729. The van der Waals surface area contributed by atoms with Crippen LogP contribution < -0.4 is 0 Å². The highest BCUT2D eigenvalue weighted by molar-refractivity contribution is 5.69. The molecule has 0 atom stereocenters. The smallest absolute Gasteiger partial charge is 0.327 e. The van der Waals surface area contributed by atoms with Crippen molar-refractivity contribution in [1.29, 1.82) is 5.26 Å². The van der Waals surface area contributed by atoms with E-state index < -0.39 is 16.6 Å². The molecule has 1 aromatic rings. The molecule has 0 bridgehead atoms. The van der Waals surface area contributed by atoms with Crippen LogP contribution in [0.2, 0.25) is 0 Å². The first-order chi connectivity index (χ1) is 7.60. The molecule has 0 aliphatic carbocycles. The Morgan fingerprint density at radius 3 is 3.00 bits per heavy atom. The van der Waals surface area contributed by atoms with Crippen LogP contribution in [0.3, 0.4) is 0 Å². The van der Waals surface area contributed by atoms with Gasteiger partial charge in [-0.05, 0) is 6.92 Å². The average Bonchev–Trinajstić information content (AvgIpc) is 2.61. The summed E-state index contributed by atoms with van der Waals surface area (Å²) in [7, 11) is 0. The summed E-state index contributed by atoms with van der Waals surface area (Å²) >= 11 is 0. The summed E-state index contributed by atoms with van der Waals surface area (Å²) in [5.41, 5.74) is -0.690. The van der Waals surface area contributed by atoms with Gasteiger partial charge in [0.15, 0.2) is 0 Å². The molecule has 0 N–H and O–H groups in total. The predicted molar refractivity (Wildman–Crippen MR) is 50.2 cm³/mol. The fourth-order valence-electron chi connectivity index (χ4n) is 1.07. The van der Waals surface area contributed by atoms with Crippen LogP contribution in [0.1, 0.15) is 12.6 Å². The zero-order chi connectivity index (χ0) is 12.1. The van der Waals surface area contributed by atoms with Gasteiger partial charge in [0.1, 0.15) is 18.8 Å². The SMILES string of the molecule is CCOC(=O)Cn1ncc([N+](=O)[O-])c1C#N. The molecular weight excluding hydrogens is 216 g/mol. The molecule has 8 nitrogen and oxygen atoms in total. The molecule has 0 aromatic carbocycles. The number of nitriles is 1. The van der Waals surface area contributed by atoms with Crippen LogP contribution in [0.4, 0.5) is 5.69 Å². The lowest BCUT2D eigenvalue weighted by atomic mass is 10.4. The quantitative estimate of drug-likeness (QED) is 0.411. The van der Waals surface area contributed by atoms with Crippen LogP contribution in [0.15, 0.2) is 6.20 Å². The largest absolute Gasteiger partial charge is 0.465 e. The van der Waals surface area contributed by atoms with E-state index in [1.807, 2.05) is 0 Å². The van der Waals surface area contributed by atoms with Gasteiger partial charge in [0, 0.05) is 0 Å². The molecule has 1 aromatic heterocycles. The average molecular weight is 224 g/mol. The molecular formula is C8H8N4O4. The van der Waals surface area contributed by atoms with Gasteiger partial charge in [0.2, 0.25) is 5.69 Å². The molecule has 1 rings (SSSR count). The van der Waals surface area contributed by atoms with Crippen molar-refractivity contribution in [2.45, 2.75) is 13.5 Å². The van der Waals surface area contributed by atoms with Crippen molar-refractivity contribution in [3.05, 3.63) is 22.0 Å². The monoisotopic (exact) mass is 224 g/mol. The van der Waals surface area contributed by atoms with E-state index in [1.165, 1.54) is 0 Å². The third-order valence-corrected chi connectivity index (χ3v) is 1.71. The molecule has 0 amide bonds. The lowest BCUT2D eigenvalue weighted by molar-refractivity contribution is -0.385. The number of carbonyl (C=O) groups excluding carboxylic acids is 1. The number of aromatic nitrogens is 2. The number of nitrogens with zero attached hydrogens (tertiary/aromatic N) is 4. The standard InChI is InChI=1S/C8H8N4O4/c1-2-16-8(13)5-11-6(3-9)7(4-10-11)12(14)15/h4H,2,5H2,1H3. The van der Waals surface area contributed by atoms with E-state index in [0.29, 0.717) is 0 Å². The maximum atomic E-state index is 11.1. The Labute approximate surface area is 90.2 Å². The lowest BCUT2D eigenvalue weighted by Crippen LogP contribution is -2.15. The zero-order valence-corrected chi connectivity index (χ0v) is 8.41. The lowest BCUT2D eigenvalue weighted by Gasteiger charge is -2.01. The molecule has 0 spiro atoms. The summed E-state index contributed by atoms with van der Waals surface area (Å²) in [5, 5.41) is 22.8. The summed E-state index contributed by atoms with van der Waals surface area (Å²) in [6.07, 6.45) is 0.928. The van der Waals surface area contributed by atoms with Crippen molar-refractivity contribution in [1.82, 2.24) is 9.78 Å². The molecule has 0 aliphatic heterocycles. The van der Waals surface area contributed by atoms with Gasteiger partial charge in [-0.3, -0.25) is 14.9 Å². The molecule has 8 heteroatoms. The second-order valence-electron chi connectivity index (χ2n) is 2.71. The highest BCUT2D eigenvalue weighted by atomic mass is 16.6. The van der Waals surface area contributed by atoms with Crippen LogP contribution in [-0.2, 0) is 16.1 Å². The van der Waals surface area contributed by atoms with Crippen molar-refractivity contribution >= 4 is 11.7 Å². The van der Waals surface area contributed by atoms with Crippen molar-refractivity contribution in [3.63, 3.8) is 0 Å². The molecule has 1 heterocycles. The minimum Gasteiger partial charge on any atom is -0.465 e. The van der Waals surface area contributed by atoms with Gasteiger partial charge in [-0.15, -0.1) is 0 Å². The van der Waals surface area contributed by atoms with Crippen LogP contribution >= 0.6 is 0 Å². The summed E-state index contributed by atoms with van der Waals surface area (Å²) in [5.74, 6) is -0.600. The summed E-state index contributed by atoms with van der Waals surface area (Å²) < 4.78 is 5.58. The van der Waals surface area contributed by atoms with Gasteiger partial charge in [-0.1, -0.05) is 0 Å². The third-order valence-electron chi connectivity index (χ3n) is 1.71. The summed E-state index contributed by atoms with van der Waals surface area (Å²) in [6.45, 7) is 1.52. The second kappa shape index (κ2) is 4.88. The van der Waals surface area contributed by atoms with E-state index in [0.717, 1.165) is 10.9 Å². The first-order valence-electron chi connectivity index (χ1n) is 4.36. The molecule has 0 radical (unpaired) electrons. The van der Waals surface area contributed by atoms with Gasteiger partial charge >= 0.3 is 11.7 Å². The zero-order valence-electron chi connectivity index (χ0n) is 8.41. The van der Waals surface area contributed by atoms with Gasteiger partial charge in [0.05, 0.1) is 11.5 Å². The highest BCUT2D eigenvalue weighted by Gasteiger charge is 2.21. The van der Waals surface area contributed by atoms with Crippen LogP contribution in [0.5, 0.6) is 0 Å². The van der Waals surface area contributed by atoms with E-state index in [4.69, 9.17) is 5.26 Å². The fourth-order valence-corrected chi connectivity index (χ4v) is 1.07. The van der Waals surface area contributed by atoms with E-state index in [2.05, 4.69) is 9.84 Å². The summed E-state index contributed by atoms with van der Waals surface area (Å²) in [4.78, 5) is 20.9. The second-order valence-corrected chi connectivity index (χ2v) is 2.71. The molecule has 0 saturated carbocycles. The topological polar surface area (TPSA) is 111 Å². The van der Waals surface area contributed by atoms with Crippen molar-refractivity contribution in [2.24, 2.45) is 0 Å². The maximum Gasteiger partial charge on any atom is 0.327 e. The Balaban J connectivity index is 2.94. The van der Waals surface area contributed by atoms with Crippen molar-refractivity contribution in [2.75, 3.05) is 6.61 Å². The predicted octanol–water partition coefficient (Wildman–Crippen LogP) is 0.226. The number of rotatable bonds is 4. The number of hydrogen-bond acceptors (Lipinski definition) is 6. The first-order valence-corrected chi connectivity index (χ1v) is 4.36. The third kappa shape index (κ3) is 2.33. The van der Waals surface area contributed by atoms with Gasteiger partial charge in [-0.25, -0.2) is 4.68 Å². The Kier molecular flexibility index (Phi) is 3.55. The Hall–Kier alpha value is -2.43. The molecule has 84 valence electrons. The maximum absolute atomic E-state index is 11.1. The Morgan fingerprint density at radius 2 is 2.50 bits per heavy atom. The molecule has 0 fully saturated rings. The highest BCUT2D eigenvalue weighted by Crippen LogP contribution is 2.16. The summed E-state index contributed by atoms with van der Waals surface area (Å²) in [6, 6.07) is 1.62. The number of nitro groups is 1. The van der Waals surface area contributed by atoms with E-state index >= 15 is 0 Å². The molecule has 16 heavy (non-hydrogen) atoms. The minimum absolute atomic E-state index is 0.198. The van der Waals surface area contributed by atoms with E-state index in [-0.39, 0.29) is 18.8 Å². The Bertz CT molecular complexity index is 459. The Morgan fingerprint density at radius 1 is 1.81 bits per heavy atom. The number of ether oxygens (including phenoxy) is 1. The van der Waals surface area contributed by atoms with Gasteiger partial charge in [0.25, 0.3) is 0 Å². The molecule has 0 saturated heterocycles. The van der Waals surface area contributed by atoms with E-state index in [1.54, 1.807) is 13.0 Å². The van der Waals surface area contributed by atoms with Gasteiger partial charge < -0.3 is 4.74 Å². The van der Waals surface area contributed by atoms with Crippen molar-refractivity contribution < 1.29 is 14.5 Å². The normalized spacial score (nSPS) is 9.50. The molecule has 0 aliphatic rings. The van der Waals surface area contributed by atoms with Crippen LogP contribution in [0, 0.1) is 21.4 Å². The number of carbonyl (C=O) groups is 1.